The average Bonchev–Trinajstić information content (AvgIpc) is 2.64. The Bertz CT molecular complexity index is 610. The Hall–Kier alpha value is -1.99. The smallest absolute Gasteiger partial charge is 0.354 e. The van der Waals surface area contributed by atoms with Gasteiger partial charge < -0.3 is 25.8 Å². The van der Waals surface area contributed by atoms with Gasteiger partial charge in [0, 0.05) is 0 Å². The molecule has 1 unspecified atom stereocenters. The van der Waals surface area contributed by atoms with E-state index < -0.39 is 35.8 Å². The molecule has 1 saturated heterocycles. The van der Waals surface area contributed by atoms with Crippen LogP contribution in [0.2, 0.25) is 0 Å². The van der Waals surface area contributed by atoms with Crippen LogP contribution in [0.1, 0.15) is 13.2 Å². The molecule has 0 aliphatic carbocycles. The first kappa shape index (κ1) is 14.4. The second-order valence-electron chi connectivity index (χ2n) is 4.51. The van der Waals surface area contributed by atoms with Gasteiger partial charge in [0.15, 0.2) is 11.8 Å². The number of nitrogens with zero attached hydrogens (tertiary/aromatic N) is 3. The Morgan fingerprint density at radius 3 is 2.85 bits per heavy atom. The molecule has 108 valence electrons. The van der Waals surface area contributed by atoms with Crippen LogP contribution in [0.4, 0.5) is 5.95 Å². The van der Waals surface area contributed by atoms with Gasteiger partial charge in [-0.15, -0.1) is 6.42 Å². The number of nitrogen functional groups attached to an aromatic ring is 1. The third-order valence-corrected chi connectivity index (χ3v) is 3.13. The van der Waals surface area contributed by atoms with Crippen LogP contribution in [0, 0.1) is 12.3 Å². The molecule has 0 radical (unpaired) electrons. The normalized spacial score (nSPS) is 34.6. The van der Waals surface area contributed by atoms with Crippen molar-refractivity contribution in [3.63, 3.8) is 0 Å². The molecule has 0 spiro atoms. The van der Waals surface area contributed by atoms with E-state index in [1.54, 1.807) is 0 Å². The number of hydrogen-bond acceptors (Lipinski definition) is 8. The quantitative estimate of drug-likeness (QED) is 0.426. The van der Waals surface area contributed by atoms with Crippen LogP contribution in [-0.2, 0) is 4.74 Å². The lowest BCUT2D eigenvalue weighted by Crippen LogP contribution is -2.48. The molecule has 0 amide bonds. The molecule has 5 atom stereocenters. The molecule has 0 saturated carbocycles. The lowest BCUT2D eigenvalue weighted by molar-refractivity contribution is -0.0887. The first-order chi connectivity index (χ1) is 9.31. The third kappa shape index (κ3) is 2.04. The number of aliphatic hydroxyl groups is 3. The van der Waals surface area contributed by atoms with Gasteiger partial charge in [-0.25, -0.2) is 9.78 Å². The van der Waals surface area contributed by atoms with Crippen molar-refractivity contribution in [3.8, 4) is 12.3 Å². The number of anilines is 1. The van der Waals surface area contributed by atoms with Crippen LogP contribution in [-0.4, -0.2) is 53.8 Å². The fourth-order valence-corrected chi connectivity index (χ4v) is 2.05. The molecule has 1 fully saturated rings. The monoisotopic (exact) mass is 282 g/mol. The molecule has 2 rings (SSSR count). The van der Waals surface area contributed by atoms with Gasteiger partial charge in [0.1, 0.15) is 18.5 Å². The molecular formula is C11H14N4O5. The number of terminal acetylenes is 1. The zero-order valence-corrected chi connectivity index (χ0v) is 10.5. The maximum absolute atomic E-state index is 11.7. The highest BCUT2D eigenvalue weighted by Gasteiger charge is 2.57. The van der Waals surface area contributed by atoms with E-state index in [1.807, 2.05) is 5.92 Å². The Morgan fingerprint density at radius 1 is 1.70 bits per heavy atom. The summed E-state index contributed by atoms with van der Waals surface area (Å²) in [6.07, 6.45) is 0.932. The Kier molecular flexibility index (Phi) is 3.49. The van der Waals surface area contributed by atoms with Gasteiger partial charge in [0.05, 0.1) is 6.10 Å². The summed E-state index contributed by atoms with van der Waals surface area (Å²) >= 11 is 0. The van der Waals surface area contributed by atoms with E-state index in [4.69, 9.17) is 16.9 Å². The van der Waals surface area contributed by atoms with Crippen molar-refractivity contribution in [1.82, 2.24) is 14.5 Å². The van der Waals surface area contributed by atoms with Crippen molar-refractivity contribution in [2.75, 3.05) is 5.73 Å². The number of aliphatic hydroxyl groups excluding tert-OH is 2. The van der Waals surface area contributed by atoms with E-state index in [0.29, 0.717) is 0 Å². The average molecular weight is 282 g/mol. The predicted octanol–water partition coefficient (Wildman–Crippen LogP) is -2.78. The van der Waals surface area contributed by atoms with Crippen LogP contribution in [0.25, 0.3) is 0 Å². The van der Waals surface area contributed by atoms with Crippen LogP contribution in [0.3, 0.4) is 0 Å². The highest BCUT2D eigenvalue weighted by molar-refractivity contribution is 5.20. The van der Waals surface area contributed by atoms with E-state index in [-0.39, 0.29) is 5.95 Å². The molecule has 1 aliphatic rings. The molecule has 2 heterocycles. The van der Waals surface area contributed by atoms with E-state index in [2.05, 4.69) is 9.97 Å². The van der Waals surface area contributed by atoms with Gasteiger partial charge >= 0.3 is 5.69 Å². The second kappa shape index (κ2) is 4.84. The van der Waals surface area contributed by atoms with Gasteiger partial charge in [0.2, 0.25) is 5.95 Å². The van der Waals surface area contributed by atoms with Crippen LogP contribution >= 0.6 is 0 Å². The first-order valence-electron chi connectivity index (χ1n) is 5.73. The maximum atomic E-state index is 11.7. The van der Waals surface area contributed by atoms with Crippen LogP contribution in [0.5, 0.6) is 0 Å². The molecule has 20 heavy (non-hydrogen) atoms. The summed E-state index contributed by atoms with van der Waals surface area (Å²) in [5.41, 5.74) is 2.20. The summed E-state index contributed by atoms with van der Waals surface area (Å²) in [6.45, 7) is 1.36. The molecule has 9 nitrogen and oxygen atoms in total. The van der Waals surface area contributed by atoms with E-state index in [9.17, 15) is 20.1 Å². The SMILES string of the molecule is C#C[C@@]1(O)C(O)[C@@H]([C@@H](C)O)O[C@H]1n1cnc(N)nc1=O. The van der Waals surface area contributed by atoms with Crippen molar-refractivity contribution in [3.05, 3.63) is 16.8 Å². The van der Waals surface area contributed by atoms with Crippen molar-refractivity contribution in [2.24, 2.45) is 0 Å². The first-order valence-corrected chi connectivity index (χ1v) is 5.73. The van der Waals surface area contributed by atoms with Gasteiger partial charge in [0.25, 0.3) is 0 Å². The molecular weight excluding hydrogens is 268 g/mol. The summed E-state index contributed by atoms with van der Waals surface area (Å²) in [7, 11) is 0. The van der Waals surface area contributed by atoms with Crippen LogP contribution in [0.15, 0.2) is 11.1 Å². The summed E-state index contributed by atoms with van der Waals surface area (Å²) in [4.78, 5) is 18.7. The Labute approximate surface area is 113 Å². The highest BCUT2D eigenvalue weighted by atomic mass is 16.6. The third-order valence-electron chi connectivity index (χ3n) is 3.13. The van der Waals surface area contributed by atoms with Crippen molar-refractivity contribution in [1.29, 1.82) is 0 Å². The lowest BCUT2D eigenvalue weighted by atomic mass is 9.93. The predicted molar refractivity (Wildman–Crippen MR) is 66.1 cm³/mol. The largest absolute Gasteiger partial charge is 0.391 e. The second-order valence-corrected chi connectivity index (χ2v) is 4.51. The van der Waals surface area contributed by atoms with Gasteiger partial charge in [-0.2, -0.15) is 4.98 Å². The standard InChI is InChI=1S/C11H14N4O5/c1-3-11(19)7(17)6(5(2)16)20-8(11)15-4-13-9(12)14-10(15)18/h1,4-8,16-17,19H,2H3,(H2,12,14,18)/t5-,6-,7?,8-,11-/m1/s1. The summed E-state index contributed by atoms with van der Waals surface area (Å²) < 4.78 is 6.11. The zero-order chi connectivity index (χ0) is 15.1. The number of nitrogens with two attached hydrogens (primary N) is 1. The molecule has 9 heteroatoms. The van der Waals surface area contributed by atoms with Crippen molar-refractivity contribution in [2.45, 2.75) is 37.1 Å². The lowest BCUT2D eigenvalue weighted by Gasteiger charge is -2.26. The fourth-order valence-electron chi connectivity index (χ4n) is 2.05. The Balaban J connectivity index is 2.50. The molecule has 0 bridgehead atoms. The van der Waals surface area contributed by atoms with Gasteiger partial charge in [-0.05, 0) is 6.92 Å². The summed E-state index contributed by atoms with van der Waals surface area (Å²) in [5, 5.41) is 29.8. The minimum Gasteiger partial charge on any atom is -0.391 e. The topological polar surface area (TPSA) is 144 Å². The minimum atomic E-state index is -2.20. The number of hydrogen-bond donors (Lipinski definition) is 4. The zero-order valence-electron chi connectivity index (χ0n) is 10.5. The number of ether oxygens (including phenoxy) is 1. The fraction of sp³-hybridized carbons (Fsp3) is 0.545. The maximum Gasteiger partial charge on any atom is 0.354 e. The summed E-state index contributed by atoms with van der Waals surface area (Å²) in [5.74, 6) is 1.74. The number of aromatic nitrogens is 3. The molecule has 5 N–H and O–H groups in total. The van der Waals surface area contributed by atoms with Gasteiger partial charge in [-0.3, -0.25) is 4.57 Å². The van der Waals surface area contributed by atoms with E-state index in [0.717, 1.165) is 10.9 Å². The van der Waals surface area contributed by atoms with Crippen molar-refractivity contribution >= 4 is 5.95 Å². The van der Waals surface area contributed by atoms with E-state index in [1.165, 1.54) is 6.92 Å². The minimum absolute atomic E-state index is 0.249. The highest BCUT2D eigenvalue weighted by Crippen LogP contribution is 2.38. The van der Waals surface area contributed by atoms with Crippen molar-refractivity contribution < 1.29 is 20.1 Å². The molecule has 1 aromatic heterocycles. The Morgan fingerprint density at radius 2 is 2.35 bits per heavy atom. The molecule has 0 aromatic carbocycles. The van der Waals surface area contributed by atoms with E-state index >= 15 is 0 Å². The van der Waals surface area contributed by atoms with Gasteiger partial charge in [-0.1, -0.05) is 5.92 Å². The number of rotatable bonds is 2. The van der Waals surface area contributed by atoms with Crippen LogP contribution < -0.4 is 11.4 Å². The molecule has 1 aliphatic heterocycles. The summed E-state index contributed by atoms with van der Waals surface area (Å²) in [6, 6.07) is 0. The molecule has 1 aromatic rings.